The van der Waals surface area contributed by atoms with E-state index >= 15 is 0 Å². The van der Waals surface area contributed by atoms with Gasteiger partial charge in [-0.2, -0.15) is 0 Å². The first kappa shape index (κ1) is 16.5. The smallest absolute Gasteiger partial charge is 0.339 e. The molecule has 7 nitrogen and oxygen atoms in total. The van der Waals surface area contributed by atoms with Crippen LogP contribution in [0.4, 0.5) is 5.69 Å². The van der Waals surface area contributed by atoms with Crippen LogP contribution < -0.4 is 10.1 Å². The number of ether oxygens (including phenoxy) is 2. The number of anilines is 1. The predicted octanol–water partition coefficient (Wildman–Crippen LogP) is 3.14. The number of hydrogen-bond acceptors (Lipinski definition) is 7. The average Bonchev–Trinajstić information content (AvgIpc) is 3.15. The minimum atomic E-state index is -0.410. The highest BCUT2D eigenvalue weighted by atomic mass is 16.5. The zero-order chi connectivity index (χ0) is 17.6. The van der Waals surface area contributed by atoms with Crippen molar-refractivity contribution in [2.45, 2.75) is 6.54 Å². The highest BCUT2D eigenvalue weighted by molar-refractivity contribution is 5.95. The monoisotopic (exact) mass is 339 g/mol. The number of hydrogen-bond donors (Lipinski definition) is 1. The Kier molecular flexibility index (Phi) is 4.94. The lowest BCUT2D eigenvalue weighted by atomic mass is 10.2. The van der Waals surface area contributed by atoms with Crippen molar-refractivity contribution in [2.75, 3.05) is 19.5 Å². The summed E-state index contributed by atoms with van der Waals surface area (Å²) in [5.74, 6) is 1.17. The maximum absolute atomic E-state index is 11.8. The first-order valence-corrected chi connectivity index (χ1v) is 7.59. The highest BCUT2D eigenvalue weighted by Gasteiger charge is 2.13. The van der Waals surface area contributed by atoms with Crippen LogP contribution in [0.15, 0.2) is 52.9 Å². The Hall–Kier alpha value is -3.35. The van der Waals surface area contributed by atoms with E-state index in [1.165, 1.54) is 7.11 Å². The van der Waals surface area contributed by atoms with Crippen molar-refractivity contribution >= 4 is 11.7 Å². The van der Waals surface area contributed by atoms with Gasteiger partial charge in [0.15, 0.2) is 0 Å². The number of esters is 1. The Labute approximate surface area is 144 Å². The maximum Gasteiger partial charge on any atom is 0.339 e. The van der Waals surface area contributed by atoms with Gasteiger partial charge in [0.2, 0.25) is 11.8 Å². The van der Waals surface area contributed by atoms with Crippen LogP contribution in [0.3, 0.4) is 0 Å². The van der Waals surface area contributed by atoms with Gasteiger partial charge in [0.1, 0.15) is 5.75 Å². The molecule has 3 rings (SSSR count). The number of benzene rings is 2. The van der Waals surface area contributed by atoms with E-state index in [1.807, 2.05) is 30.3 Å². The van der Waals surface area contributed by atoms with E-state index in [-0.39, 0.29) is 6.54 Å². The van der Waals surface area contributed by atoms with Gasteiger partial charge in [-0.25, -0.2) is 4.79 Å². The highest BCUT2D eigenvalue weighted by Crippen LogP contribution is 2.22. The molecule has 3 aromatic rings. The van der Waals surface area contributed by atoms with Crippen LogP contribution in [0.25, 0.3) is 11.5 Å². The molecule has 0 bridgehead atoms. The van der Waals surface area contributed by atoms with Crippen molar-refractivity contribution in [1.82, 2.24) is 10.2 Å². The maximum atomic E-state index is 11.8. The van der Waals surface area contributed by atoms with Gasteiger partial charge in [0.05, 0.1) is 26.3 Å². The number of carbonyl (C=O) groups excluding carboxylic acids is 1. The van der Waals surface area contributed by atoms with Crippen LogP contribution in [0.2, 0.25) is 0 Å². The third-order valence-electron chi connectivity index (χ3n) is 3.57. The number of para-hydroxylation sites is 1. The summed E-state index contributed by atoms with van der Waals surface area (Å²) in [6.07, 6.45) is 0. The second-order valence-corrected chi connectivity index (χ2v) is 5.12. The molecule has 0 saturated heterocycles. The number of carbonyl (C=O) groups is 1. The molecule has 128 valence electrons. The minimum absolute atomic E-state index is 0.289. The van der Waals surface area contributed by atoms with Crippen molar-refractivity contribution in [3.05, 3.63) is 60.0 Å². The lowest BCUT2D eigenvalue weighted by Crippen LogP contribution is -2.08. The molecule has 0 aliphatic carbocycles. The van der Waals surface area contributed by atoms with Crippen LogP contribution in [0.5, 0.6) is 5.75 Å². The lowest BCUT2D eigenvalue weighted by molar-refractivity contribution is 0.0602. The van der Waals surface area contributed by atoms with Crippen LogP contribution in [-0.4, -0.2) is 30.4 Å². The van der Waals surface area contributed by atoms with Crippen molar-refractivity contribution in [3.63, 3.8) is 0 Å². The summed E-state index contributed by atoms with van der Waals surface area (Å²) in [5, 5.41) is 11.2. The summed E-state index contributed by atoms with van der Waals surface area (Å²) in [4.78, 5) is 11.8. The van der Waals surface area contributed by atoms with Gasteiger partial charge in [-0.15, -0.1) is 10.2 Å². The second kappa shape index (κ2) is 7.48. The quantitative estimate of drug-likeness (QED) is 0.690. The van der Waals surface area contributed by atoms with Gasteiger partial charge in [0, 0.05) is 11.3 Å². The van der Waals surface area contributed by atoms with Crippen molar-refractivity contribution in [3.8, 4) is 17.2 Å². The molecule has 0 fully saturated rings. The van der Waals surface area contributed by atoms with E-state index in [4.69, 9.17) is 13.9 Å². The van der Waals surface area contributed by atoms with Gasteiger partial charge in [0.25, 0.3) is 0 Å². The number of methoxy groups -OCH3 is 2. The van der Waals surface area contributed by atoms with Gasteiger partial charge in [-0.3, -0.25) is 0 Å². The predicted molar refractivity (Wildman–Crippen MR) is 91.4 cm³/mol. The molecule has 0 spiro atoms. The Balaban J connectivity index is 1.71. The topological polar surface area (TPSA) is 86.5 Å². The Morgan fingerprint density at radius 1 is 1.08 bits per heavy atom. The second-order valence-electron chi connectivity index (χ2n) is 5.12. The zero-order valence-corrected chi connectivity index (χ0v) is 13.9. The summed E-state index contributed by atoms with van der Waals surface area (Å²) in [6.45, 7) is 0.289. The molecule has 7 heteroatoms. The minimum Gasteiger partial charge on any atom is -0.497 e. The van der Waals surface area contributed by atoms with E-state index in [1.54, 1.807) is 25.3 Å². The van der Waals surface area contributed by atoms with E-state index in [0.29, 0.717) is 23.0 Å². The number of rotatable bonds is 6. The average molecular weight is 339 g/mol. The molecule has 0 radical (unpaired) electrons. The molecule has 0 amide bonds. The molecule has 0 aliphatic heterocycles. The Morgan fingerprint density at radius 2 is 1.84 bits per heavy atom. The van der Waals surface area contributed by atoms with Gasteiger partial charge in [-0.05, 0) is 36.4 Å². The SMILES string of the molecule is COC(=O)c1ccccc1NCc1nnc(-c2ccc(OC)cc2)o1. The fourth-order valence-electron chi connectivity index (χ4n) is 2.27. The van der Waals surface area contributed by atoms with Gasteiger partial charge < -0.3 is 19.2 Å². The summed E-state index contributed by atoms with van der Waals surface area (Å²) >= 11 is 0. The third kappa shape index (κ3) is 3.77. The molecule has 2 aromatic carbocycles. The zero-order valence-electron chi connectivity index (χ0n) is 13.9. The molecule has 1 N–H and O–H groups in total. The number of nitrogens with one attached hydrogen (secondary N) is 1. The van der Waals surface area contributed by atoms with Crippen LogP contribution in [0.1, 0.15) is 16.2 Å². The van der Waals surface area contributed by atoms with Gasteiger partial charge >= 0.3 is 5.97 Å². The van der Waals surface area contributed by atoms with E-state index in [9.17, 15) is 4.79 Å². The Bertz CT molecular complexity index is 859. The summed E-state index contributed by atoms with van der Waals surface area (Å²) in [5.41, 5.74) is 1.88. The van der Waals surface area contributed by atoms with Crippen LogP contribution in [-0.2, 0) is 11.3 Å². The summed E-state index contributed by atoms with van der Waals surface area (Å²) in [7, 11) is 2.95. The summed E-state index contributed by atoms with van der Waals surface area (Å²) in [6, 6.07) is 14.4. The molecule has 0 atom stereocenters. The van der Waals surface area contributed by atoms with Gasteiger partial charge in [-0.1, -0.05) is 12.1 Å². The van der Waals surface area contributed by atoms with E-state index in [0.717, 1.165) is 11.3 Å². The van der Waals surface area contributed by atoms with Crippen molar-refractivity contribution in [1.29, 1.82) is 0 Å². The molecule has 0 unspecified atom stereocenters. The fraction of sp³-hybridized carbons (Fsp3) is 0.167. The first-order valence-electron chi connectivity index (χ1n) is 7.59. The van der Waals surface area contributed by atoms with E-state index < -0.39 is 5.97 Å². The lowest BCUT2D eigenvalue weighted by Gasteiger charge is -2.08. The molecule has 1 aromatic heterocycles. The number of aromatic nitrogens is 2. The first-order chi connectivity index (χ1) is 12.2. The molecule has 1 heterocycles. The largest absolute Gasteiger partial charge is 0.497 e. The van der Waals surface area contributed by atoms with Crippen molar-refractivity contribution in [2.24, 2.45) is 0 Å². The number of nitrogens with zero attached hydrogens (tertiary/aromatic N) is 2. The normalized spacial score (nSPS) is 10.3. The van der Waals surface area contributed by atoms with Crippen molar-refractivity contribution < 1.29 is 18.7 Å². The molecular formula is C18H17N3O4. The molecular weight excluding hydrogens is 322 g/mol. The standard InChI is InChI=1S/C18H17N3O4/c1-23-13-9-7-12(8-10-13)17-21-20-16(25-17)11-19-15-6-4-3-5-14(15)18(22)24-2/h3-10,19H,11H2,1-2H3. The Morgan fingerprint density at radius 3 is 2.56 bits per heavy atom. The fourth-order valence-corrected chi connectivity index (χ4v) is 2.27. The van der Waals surface area contributed by atoms with Crippen LogP contribution in [0, 0.1) is 0 Å². The third-order valence-corrected chi connectivity index (χ3v) is 3.57. The molecule has 25 heavy (non-hydrogen) atoms. The summed E-state index contributed by atoms with van der Waals surface area (Å²) < 4.78 is 15.5. The molecule has 0 saturated carbocycles. The van der Waals surface area contributed by atoms with E-state index in [2.05, 4.69) is 15.5 Å². The van der Waals surface area contributed by atoms with Crippen LogP contribution >= 0.6 is 0 Å². The molecule has 0 aliphatic rings.